The molecule has 33 heavy (non-hydrogen) atoms. The van der Waals surface area contributed by atoms with Crippen LogP contribution in [0.4, 0.5) is 5.69 Å². The highest BCUT2D eigenvalue weighted by Crippen LogP contribution is 2.19. The van der Waals surface area contributed by atoms with E-state index in [4.69, 9.17) is 5.73 Å². The molecule has 7 heteroatoms. The van der Waals surface area contributed by atoms with Crippen LogP contribution in [0, 0.1) is 5.92 Å². The van der Waals surface area contributed by atoms with E-state index in [9.17, 15) is 9.59 Å². The van der Waals surface area contributed by atoms with Crippen molar-refractivity contribution in [1.82, 2.24) is 14.7 Å². The van der Waals surface area contributed by atoms with E-state index in [2.05, 4.69) is 27.4 Å². The maximum atomic E-state index is 12.9. The Labute approximate surface area is 194 Å². The molecule has 2 heterocycles. The summed E-state index contributed by atoms with van der Waals surface area (Å²) < 4.78 is 1.82. The molecule has 0 unspecified atom stereocenters. The fourth-order valence-corrected chi connectivity index (χ4v) is 4.38. The Kier molecular flexibility index (Phi) is 7.19. The van der Waals surface area contributed by atoms with E-state index in [0.29, 0.717) is 12.0 Å². The summed E-state index contributed by atoms with van der Waals surface area (Å²) in [7, 11) is 0. The molecule has 1 fully saturated rings. The third kappa shape index (κ3) is 5.49. The fraction of sp³-hybridized carbons (Fsp3) is 0.346. The van der Waals surface area contributed by atoms with Crippen molar-refractivity contribution < 1.29 is 9.59 Å². The fourth-order valence-electron chi connectivity index (χ4n) is 4.38. The summed E-state index contributed by atoms with van der Waals surface area (Å²) in [5.74, 6) is -0.304. The normalized spacial score (nSPS) is 14.8. The summed E-state index contributed by atoms with van der Waals surface area (Å²) >= 11 is 0. The highest BCUT2D eigenvalue weighted by molar-refractivity contribution is 6.05. The van der Waals surface area contributed by atoms with Crippen molar-refractivity contribution >= 4 is 17.5 Å². The second-order valence-corrected chi connectivity index (χ2v) is 8.53. The van der Waals surface area contributed by atoms with Crippen LogP contribution in [0.2, 0.25) is 0 Å². The molecule has 172 valence electrons. The Bertz CT molecular complexity index is 1080. The highest BCUT2D eigenvalue weighted by Gasteiger charge is 2.22. The maximum Gasteiger partial charge on any atom is 0.259 e. The number of anilines is 1. The number of hydrogen-bond donors (Lipinski definition) is 2. The third-order valence-electron chi connectivity index (χ3n) is 6.37. The van der Waals surface area contributed by atoms with Gasteiger partial charge in [-0.05, 0) is 68.6 Å². The molecule has 1 aliphatic rings. The molecule has 0 radical (unpaired) electrons. The lowest BCUT2D eigenvalue weighted by atomic mass is 9.96. The van der Waals surface area contributed by atoms with Crippen molar-refractivity contribution in [3.63, 3.8) is 0 Å². The number of likely N-dealkylation sites (tertiary alicyclic amines) is 1. The number of benzene rings is 2. The van der Waals surface area contributed by atoms with Gasteiger partial charge in [0.05, 0.1) is 23.1 Å². The van der Waals surface area contributed by atoms with E-state index in [1.54, 1.807) is 6.20 Å². The summed E-state index contributed by atoms with van der Waals surface area (Å²) in [5.41, 5.74) is 9.81. The standard InChI is InChI=1S/C26H31N5O2/c1-2-24-23(18-28-31(24)22-6-4-3-5-7-22)26(33)29-21-10-8-19(9-11-21)12-15-30-16-13-20(14-17-30)25(27)32/h3-11,18,20H,2,12-17H2,1H3,(H2,27,32)(H,29,33). The molecule has 0 saturated carbocycles. The number of nitrogens with two attached hydrogens (primary N) is 1. The van der Waals surface area contributed by atoms with Crippen LogP contribution in [0.5, 0.6) is 0 Å². The first-order valence-electron chi connectivity index (χ1n) is 11.6. The van der Waals surface area contributed by atoms with Crippen LogP contribution >= 0.6 is 0 Å². The number of carbonyl (C=O) groups excluding carboxylic acids is 2. The first-order valence-corrected chi connectivity index (χ1v) is 11.6. The Balaban J connectivity index is 1.33. The second-order valence-electron chi connectivity index (χ2n) is 8.53. The van der Waals surface area contributed by atoms with Crippen LogP contribution in [0.15, 0.2) is 60.8 Å². The smallest absolute Gasteiger partial charge is 0.259 e. The molecule has 0 bridgehead atoms. The summed E-state index contributed by atoms with van der Waals surface area (Å²) in [5, 5.41) is 7.44. The zero-order chi connectivity index (χ0) is 23.2. The summed E-state index contributed by atoms with van der Waals surface area (Å²) in [6.07, 6.45) is 4.96. The minimum atomic E-state index is -0.175. The lowest BCUT2D eigenvalue weighted by Gasteiger charge is -2.30. The zero-order valence-corrected chi connectivity index (χ0v) is 19.0. The van der Waals surface area contributed by atoms with Gasteiger partial charge in [-0.2, -0.15) is 5.10 Å². The van der Waals surface area contributed by atoms with Gasteiger partial charge in [-0.15, -0.1) is 0 Å². The Morgan fingerprint density at radius 1 is 1.06 bits per heavy atom. The van der Waals surface area contributed by atoms with Crippen molar-refractivity contribution in [3.8, 4) is 5.69 Å². The molecular weight excluding hydrogens is 414 g/mol. The van der Waals surface area contributed by atoms with Gasteiger partial charge in [0.25, 0.3) is 5.91 Å². The number of carbonyl (C=O) groups is 2. The first kappa shape index (κ1) is 22.7. The summed E-state index contributed by atoms with van der Waals surface area (Å²) in [6.45, 7) is 4.81. The van der Waals surface area contributed by atoms with E-state index < -0.39 is 0 Å². The molecule has 2 amide bonds. The number of aromatic nitrogens is 2. The predicted octanol–water partition coefficient (Wildman–Crippen LogP) is 3.43. The number of hydrogen-bond acceptors (Lipinski definition) is 4. The lowest BCUT2D eigenvalue weighted by molar-refractivity contribution is -0.123. The number of para-hydroxylation sites is 1. The number of amides is 2. The van der Waals surface area contributed by atoms with E-state index in [0.717, 1.165) is 56.0 Å². The van der Waals surface area contributed by atoms with Gasteiger partial charge < -0.3 is 16.0 Å². The van der Waals surface area contributed by atoms with E-state index in [1.165, 1.54) is 5.56 Å². The molecule has 3 aromatic rings. The van der Waals surface area contributed by atoms with E-state index >= 15 is 0 Å². The Morgan fingerprint density at radius 3 is 2.39 bits per heavy atom. The number of rotatable bonds is 8. The molecule has 0 spiro atoms. The second kappa shape index (κ2) is 10.4. The van der Waals surface area contributed by atoms with Gasteiger partial charge in [0, 0.05) is 18.2 Å². The average Bonchev–Trinajstić information content (AvgIpc) is 3.29. The molecule has 7 nitrogen and oxygen atoms in total. The van der Waals surface area contributed by atoms with Crippen molar-refractivity contribution in [2.45, 2.75) is 32.6 Å². The van der Waals surface area contributed by atoms with Crippen LogP contribution in [-0.4, -0.2) is 46.1 Å². The van der Waals surface area contributed by atoms with Crippen LogP contribution < -0.4 is 11.1 Å². The molecule has 0 aliphatic carbocycles. The van der Waals surface area contributed by atoms with Crippen LogP contribution in [0.25, 0.3) is 5.69 Å². The molecular formula is C26H31N5O2. The number of primary amides is 1. The summed E-state index contributed by atoms with van der Waals surface area (Å²) in [4.78, 5) is 26.6. The van der Waals surface area contributed by atoms with Crippen molar-refractivity contribution in [2.75, 3.05) is 25.0 Å². The molecule has 0 atom stereocenters. The molecule has 2 aromatic carbocycles. The van der Waals surface area contributed by atoms with Gasteiger partial charge in [0.2, 0.25) is 5.91 Å². The number of nitrogens with one attached hydrogen (secondary N) is 1. The molecule has 4 rings (SSSR count). The molecule has 3 N–H and O–H groups in total. The number of piperidine rings is 1. The Morgan fingerprint density at radius 2 is 1.76 bits per heavy atom. The van der Waals surface area contributed by atoms with Gasteiger partial charge in [-0.3, -0.25) is 9.59 Å². The monoisotopic (exact) mass is 445 g/mol. The third-order valence-corrected chi connectivity index (χ3v) is 6.37. The Hall–Kier alpha value is -3.45. The maximum absolute atomic E-state index is 12.9. The van der Waals surface area contributed by atoms with E-state index in [-0.39, 0.29) is 17.7 Å². The topological polar surface area (TPSA) is 93.2 Å². The van der Waals surface area contributed by atoms with Gasteiger partial charge in [-0.25, -0.2) is 4.68 Å². The van der Waals surface area contributed by atoms with Crippen molar-refractivity contribution in [1.29, 1.82) is 0 Å². The lowest BCUT2D eigenvalue weighted by Crippen LogP contribution is -2.39. The van der Waals surface area contributed by atoms with Gasteiger partial charge in [0.1, 0.15) is 0 Å². The van der Waals surface area contributed by atoms with Crippen LogP contribution in [0.3, 0.4) is 0 Å². The van der Waals surface area contributed by atoms with Crippen LogP contribution in [0.1, 0.15) is 41.4 Å². The van der Waals surface area contributed by atoms with Gasteiger partial charge in [0.15, 0.2) is 0 Å². The highest BCUT2D eigenvalue weighted by atomic mass is 16.2. The summed E-state index contributed by atoms with van der Waals surface area (Å²) in [6, 6.07) is 17.8. The molecule has 1 saturated heterocycles. The van der Waals surface area contributed by atoms with Gasteiger partial charge >= 0.3 is 0 Å². The number of nitrogens with zero attached hydrogens (tertiary/aromatic N) is 3. The quantitative estimate of drug-likeness (QED) is 0.556. The predicted molar refractivity (Wildman–Crippen MR) is 129 cm³/mol. The van der Waals surface area contributed by atoms with Gasteiger partial charge in [-0.1, -0.05) is 37.3 Å². The molecule has 1 aromatic heterocycles. The van der Waals surface area contributed by atoms with Crippen molar-refractivity contribution in [2.24, 2.45) is 11.7 Å². The molecule has 1 aliphatic heterocycles. The average molecular weight is 446 g/mol. The largest absolute Gasteiger partial charge is 0.369 e. The SMILES string of the molecule is CCc1c(C(=O)Nc2ccc(CCN3CCC(C(N)=O)CC3)cc2)cnn1-c1ccccc1. The first-order chi connectivity index (χ1) is 16.0. The van der Waals surface area contributed by atoms with E-state index in [1.807, 2.05) is 54.1 Å². The minimum absolute atomic E-state index is 0.0252. The zero-order valence-electron chi connectivity index (χ0n) is 19.0. The van der Waals surface area contributed by atoms with Crippen molar-refractivity contribution in [3.05, 3.63) is 77.6 Å². The minimum Gasteiger partial charge on any atom is -0.369 e. The van der Waals surface area contributed by atoms with Crippen LogP contribution in [-0.2, 0) is 17.6 Å².